The molecule has 48 heavy (non-hydrogen) atoms. The maximum Gasteiger partial charge on any atom is 0.315 e. The average molecular weight is 792 g/mol. The molecule has 2 heterocycles. The average Bonchev–Trinajstić information content (AvgIpc) is 3.08. The Bertz CT molecular complexity index is 1530. The number of carbonyl (C=O) groups is 3. The van der Waals surface area contributed by atoms with Gasteiger partial charge in [-0.3, -0.25) is 14.6 Å². The Morgan fingerprint density at radius 2 is 1.54 bits per heavy atom. The van der Waals surface area contributed by atoms with Crippen LogP contribution in [0.3, 0.4) is 0 Å². The highest BCUT2D eigenvalue weighted by atomic mass is 79.9. The largest absolute Gasteiger partial charge is 0.506 e. The summed E-state index contributed by atoms with van der Waals surface area (Å²) in [5.74, 6) is -1.22. The Balaban J connectivity index is 1.45. The fraction of sp³-hybridized carbons (Fsp3) is 0.394. The first-order valence-corrected chi connectivity index (χ1v) is 17.3. The van der Waals surface area contributed by atoms with Gasteiger partial charge in [-0.05, 0) is 112 Å². The van der Waals surface area contributed by atoms with Gasteiger partial charge in [-0.1, -0.05) is 6.07 Å². The normalized spacial score (nSPS) is 14.2. The van der Waals surface area contributed by atoms with Gasteiger partial charge in [0, 0.05) is 57.2 Å². The van der Waals surface area contributed by atoms with Gasteiger partial charge in [0.1, 0.15) is 17.8 Å². The van der Waals surface area contributed by atoms with E-state index >= 15 is 0 Å². The highest BCUT2D eigenvalue weighted by Gasteiger charge is 2.31. The second kappa shape index (κ2) is 17.9. The molecular formula is C33H41Br2N7O6. The number of phenolic OH excluding ortho intramolecular Hbond substituents is 3. The maximum atomic E-state index is 13.9. The molecule has 2 atom stereocenters. The third kappa shape index (κ3) is 10.5. The number of aromatic nitrogens is 1. The van der Waals surface area contributed by atoms with Gasteiger partial charge < -0.3 is 46.8 Å². The van der Waals surface area contributed by atoms with Crippen molar-refractivity contribution in [1.29, 1.82) is 0 Å². The Labute approximate surface area is 296 Å². The fourth-order valence-electron chi connectivity index (χ4n) is 5.42. The number of pyridine rings is 1. The molecule has 1 aliphatic heterocycles. The molecule has 1 aromatic heterocycles. The minimum absolute atomic E-state index is 0.000291. The highest BCUT2D eigenvalue weighted by molar-refractivity contribution is 9.11. The highest BCUT2D eigenvalue weighted by Crippen LogP contribution is 2.33. The van der Waals surface area contributed by atoms with Gasteiger partial charge in [0.15, 0.2) is 11.5 Å². The van der Waals surface area contributed by atoms with Crippen LogP contribution in [0.4, 0.5) is 10.5 Å². The number of nitrogens with two attached hydrogens (primary N) is 1. The van der Waals surface area contributed by atoms with Crippen LogP contribution in [0.25, 0.3) is 0 Å². The SMILES string of the molecule is NCCCCC(NC(=O)C(Cc1cc(Br)c(O)c(Br)c1)NC(=O)NCCc1ccc(O)c(O)c1)C(=O)N1CCN(c2ccncc2)CC1. The number of phenols is 3. The Morgan fingerprint density at radius 3 is 2.19 bits per heavy atom. The van der Waals surface area contributed by atoms with E-state index < -0.39 is 24.0 Å². The summed E-state index contributed by atoms with van der Waals surface area (Å²) >= 11 is 6.64. The molecule has 0 bridgehead atoms. The molecule has 8 N–H and O–H groups in total. The van der Waals surface area contributed by atoms with Gasteiger partial charge in [0.05, 0.1) is 8.95 Å². The van der Waals surface area contributed by atoms with E-state index in [0.717, 1.165) is 5.69 Å². The number of amides is 4. The zero-order valence-corrected chi connectivity index (χ0v) is 29.5. The molecule has 3 aromatic rings. The lowest BCUT2D eigenvalue weighted by Crippen LogP contribution is -2.58. The van der Waals surface area contributed by atoms with E-state index in [9.17, 15) is 29.7 Å². The van der Waals surface area contributed by atoms with Crippen molar-refractivity contribution in [3.8, 4) is 17.2 Å². The van der Waals surface area contributed by atoms with Crippen LogP contribution in [0.5, 0.6) is 17.2 Å². The Hall–Kier alpha value is -4.08. The van der Waals surface area contributed by atoms with Gasteiger partial charge in [0.25, 0.3) is 0 Å². The molecule has 2 unspecified atom stereocenters. The van der Waals surface area contributed by atoms with Gasteiger partial charge in [-0.2, -0.15) is 0 Å². The molecule has 15 heteroatoms. The lowest BCUT2D eigenvalue weighted by molar-refractivity contribution is -0.137. The van der Waals surface area contributed by atoms with Crippen molar-refractivity contribution in [2.45, 2.75) is 44.2 Å². The van der Waals surface area contributed by atoms with Crippen LogP contribution in [0, 0.1) is 0 Å². The quantitative estimate of drug-likeness (QED) is 0.0950. The number of halogens is 2. The monoisotopic (exact) mass is 789 g/mol. The van der Waals surface area contributed by atoms with E-state index in [-0.39, 0.29) is 36.1 Å². The Kier molecular flexibility index (Phi) is 13.7. The first-order valence-electron chi connectivity index (χ1n) is 15.7. The van der Waals surface area contributed by atoms with Crippen LogP contribution in [0.15, 0.2) is 63.8 Å². The number of rotatable bonds is 14. The summed E-state index contributed by atoms with van der Waals surface area (Å²) in [6.45, 7) is 2.90. The first-order chi connectivity index (χ1) is 23.0. The van der Waals surface area contributed by atoms with Gasteiger partial charge in [-0.15, -0.1) is 0 Å². The number of aromatic hydroxyl groups is 3. The van der Waals surface area contributed by atoms with Crippen molar-refractivity contribution in [1.82, 2.24) is 25.8 Å². The van der Waals surface area contributed by atoms with E-state index in [1.165, 1.54) is 12.1 Å². The van der Waals surface area contributed by atoms with Crippen molar-refractivity contribution in [3.05, 3.63) is 74.9 Å². The zero-order valence-electron chi connectivity index (χ0n) is 26.4. The molecule has 4 rings (SSSR count). The molecule has 4 amide bonds. The van der Waals surface area contributed by atoms with Gasteiger partial charge in [-0.25, -0.2) is 4.79 Å². The standard InChI is InChI=1S/C33H41Br2N7O6/c34-24-17-22(18-25(35)30(24)45)19-27(40-33(48)38-12-6-21-4-5-28(43)29(44)20-21)31(46)39-26(3-1-2-9-36)32(47)42-15-13-41(14-16-42)23-7-10-37-11-8-23/h4-5,7-8,10-11,17-18,20,26-27,43-45H,1-3,6,9,12-16,19,36H2,(H,39,46)(H2,38,40,48). The smallest absolute Gasteiger partial charge is 0.315 e. The van der Waals surface area contributed by atoms with E-state index in [1.54, 1.807) is 35.5 Å². The van der Waals surface area contributed by atoms with Gasteiger partial charge in [0.2, 0.25) is 11.8 Å². The van der Waals surface area contributed by atoms with Crippen LogP contribution in [0.1, 0.15) is 30.4 Å². The summed E-state index contributed by atoms with van der Waals surface area (Å²) in [5.41, 5.74) is 8.09. The van der Waals surface area contributed by atoms with E-state index in [1.807, 2.05) is 12.1 Å². The van der Waals surface area contributed by atoms with Crippen molar-refractivity contribution < 1.29 is 29.7 Å². The number of unbranched alkanes of at least 4 members (excludes halogenated alkanes) is 1. The fourth-order valence-corrected chi connectivity index (χ4v) is 6.70. The molecule has 1 aliphatic rings. The van der Waals surface area contributed by atoms with Crippen LogP contribution in [-0.4, -0.2) is 94.4 Å². The third-order valence-electron chi connectivity index (χ3n) is 8.06. The summed E-state index contributed by atoms with van der Waals surface area (Å²) in [4.78, 5) is 48.7. The molecule has 0 spiro atoms. The molecule has 0 aliphatic carbocycles. The van der Waals surface area contributed by atoms with Crippen LogP contribution >= 0.6 is 31.9 Å². The number of anilines is 1. The van der Waals surface area contributed by atoms with E-state index in [0.29, 0.717) is 78.5 Å². The molecular weight excluding hydrogens is 750 g/mol. The number of piperazine rings is 1. The summed E-state index contributed by atoms with van der Waals surface area (Å²) in [6.07, 6.45) is 5.61. The number of hydrogen-bond acceptors (Lipinski definition) is 9. The number of benzene rings is 2. The number of hydrogen-bond donors (Lipinski definition) is 7. The predicted octanol–water partition coefficient (Wildman–Crippen LogP) is 3.14. The minimum Gasteiger partial charge on any atom is -0.506 e. The van der Waals surface area contributed by atoms with Crippen molar-refractivity contribution in [3.63, 3.8) is 0 Å². The molecule has 1 saturated heterocycles. The summed E-state index contributed by atoms with van der Waals surface area (Å²) in [5, 5.41) is 37.9. The van der Waals surface area contributed by atoms with E-state index in [2.05, 4.69) is 57.7 Å². The number of nitrogens with zero attached hydrogens (tertiary/aromatic N) is 3. The van der Waals surface area contributed by atoms with Crippen LogP contribution < -0.4 is 26.6 Å². The lowest BCUT2D eigenvalue weighted by Gasteiger charge is -2.37. The minimum atomic E-state index is -1.07. The first kappa shape index (κ1) is 36.8. The lowest BCUT2D eigenvalue weighted by atomic mass is 10.0. The third-order valence-corrected chi connectivity index (χ3v) is 9.27. The zero-order chi connectivity index (χ0) is 34.6. The molecule has 258 valence electrons. The molecule has 2 aromatic carbocycles. The van der Waals surface area contributed by atoms with Crippen molar-refractivity contribution in [2.24, 2.45) is 5.73 Å². The summed E-state index contributed by atoms with van der Waals surface area (Å²) < 4.78 is 0.821. The molecule has 13 nitrogen and oxygen atoms in total. The molecule has 0 radical (unpaired) electrons. The summed E-state index contributed by atoms with van der Waals surface area (Å²) in [6, 6.07) is 9.09. The molecule has 0 saturated carbocycles. The van der Waals surface area contributed by atoms with Crippen LogP contribution in [0.2, 0.25) is 0 Å². The second-order valence-electron chi connectivity index (χ2n) is 11.5. The maximum absolute atomic E-state index is 13.9. The molecule has 1 fully saturated rings. The van der Waals surface area contributed by atoms with Crippen LogP contribution in [-0.2, 0) is 22.4 Å². The summed E-state index contributed by atoms with van der Waals surface area (Å²) in [7, 11) is 0. The van der Waals surface area contributed by atoms with Crippen molar-refractivity contribution >= 4 is 55.4 Å². The second-order valence-corrected chi connectivity index (χ2v) is 13.2. The number of carbonyl (C=O) groups excluding carboxylic acids is 3. The Morgan fingerprint density at radius 1 is 0.854 bits per heavy atom. The van der Waals surface area contributed by atoms with Crippen molar-refractivity contribution in [2.75, 3.05) is 44.2 Å². The predicted molar refractivity (Wildman–Crippen MR) is 189 cm³/mol. The van der Waals surface area contributed by atoms with E-state index in [4.69, 9.17) is 5.73 Å². The topological polar surface area (TPSA) is 193 Å². The number of urea groups is 1. The van der Waals surface area contributed by atoms with Gasteiger partial charge >= 0.3 is 6.03 Å². The number of nitrogens with one attached hydrogen (secondary N) is 3.